The van der Waals surface area contributed by atoms with Crippen LogP contribution < -0.4 is 10.9 Å². The molecule has 0 aliphatic heterocycles. The Kier molecular flexibility index (Phi) is 5.34. The van der Waals surface area contributed by atoms with E-state index in [1.54, 1.807) is 6.07 Å². The summed E-state index contributed by atoms with van der Waals surface area (Å²) in [5.74, 6) is 0.469. The number of benzene rings is 2. The molecule has 0 bridgehead atoms. The highest BCUT2D eigenvalue weighted by atomic mass is 16.4. The van der Waals surface area contributed by atoms with Crippen LogP contribution >= 0.6 is 0 Å². The molecule has 3 heteroatoms. The van der Waals surface area contributed by atoms with Gasteiger partial charge in [-0.25, -0.2) is 4.79 Å². The van der Waals surface area contributed by atoms with Crippen LogP contribution in [0.1, 0.15) is 41.5 Å². The van der Waals surface area contributed by atoms with E-state index < -0.39 is 0 Å². The fourth-order valence-corrected chi connectivity index (χ4v) is 3.23. The number of rotatable bonds is 6. The van der Waals surface area contributed by atoms with E-state index in [4.69, 9.17) is 4.42 Å². The topological polar surface area (TPSA) is 42.2 Å². The van der Waals surface area contributed by atoms with Crippen LogP contribution in [0.5, 0.6) is 0 Å². The Balaban J connectivity index is 1.79. The lowest BCUT2D eigenvalue weighted by atomic mass is 9.96. The Morgan fingerprint density at radius 2 is 1.76 bits per heavy atom. The minimum absolute atomic E-state index is 0.289. The van der Waals surface area contributed by atoms with Gasteiger partial charge in [0.25, 0.3) is 0 Å². The molecule has 130 valence electrons. The zero-order chi connectivity index (χ0) is 17.8. The molecule has 0 radical (unpaired) electrons. The van der Waals surface area contributed by atoms with Crippen LogP contribution in [-0.2, 0) is 6.54 Å². The van der Waals surface area contributed by atoms with Crippen molar-refractivity contribution >= 4 is 11.0 Å². The molecule has 3 rings (SSSR count). The van der Waals surface area contributed by atoms with E-state index in [2.05, 4.69) is 49.5 Å². The van der Waals surface area contributed by atoms with Crippen molar-refractivity contribution in [2.75, 3.05) is 6.54 Å². The molecule has 0 aliphatic carbocycles. The van der Waals surface area contributed by atoms with E-state index in [0.29, 0.717) is 18.0 Å². The fourth-order valence-electron chi connectivity index (χ4n) is 3.23. The Hall–Kier alpha value is -2.39. The molecule has 25 heavy (non-hydrogen) atoms. The second-order valence-corrected chi connectivity index (χ2v) is 6.67. The number of hydrogen-bond acceptors (Lipinski definition) is 3. The first-order valence-electron chi connectivity index (χ1n) is 8.88. The molecule has 3 nitrogen and oxygen atoms in total. The largest absolute Gasteiger partial charge is 0.423 e. The summed E-state index contributed by atoms with van der Waals surface area (Å²) in [6.07, 6.45) is 1.08. The van der Waals surface area contributed by atoms with Crippen molar-refractivity contribution in [1.29, 1.82) is 0 Å². The number of hydrogen-bond donors (Lipinski definition) is 1. The van der Waals surface area contributed by atoms with E-state index >= 15 is 0 Å². The molecule has 0 unspecified atom stereocenters. The molecule has 1 heterocycles. The third kappa shape index (κ3) is 3.99. The highest BCUT2D eigenvalue weighted by molar-refractivity contribution is 5.81. The molecule has 3 aromatic rings. The summed E-state index contributed by atoms with van der Waals surface area (Å²) >= 11 is 0. The average Bonchev–Trinajstić information content (AvgIpc) is 2.61. The van der Waals surface area contributed by atoms with Crippen molar-refractivity contribution in [3.8, 4) is 0 Å². The summed E-state index contributed by atoms with van der Waals surface area (Å²) in [6, 6.07) is 16.2. The number of aryl methyl sites for hydroxylation is 2. The van der Waals surface area contributed by atoms with Crippen LogP contribution in [0.2, 0.25) is 0 Å². The molecule has 1 aromatic heterocycles. The second kappa shape index (κ2) is 7.66. The van der Waals surface area contributed by atoms with Crippen molar-refractivity contribution < 1.29 is 4.42 Å². The highest BCUT2D eigenvalue weighted by Crippen LogP contribution is 2.22. The molecule has 0 saturated heterocycles. The normalized spacial score (nSPS) is 12.4. The summed E-state index contributed by atoms with van der Waals surface area (Å²) in [5.41, 5.74) is 5.07. The third-order valence-electron chi connectivity index (χ3n) is 4.91. The molecule has 0 fully saturated rings. The van der Waals surface area contributed by atoms with E-state index in [0.717, 1.165) is 29.5 Å². The Bertz CT molecular complexity index is 912. The molecule has 2 aromatic carbocycles. The van der Waals surface area contributed by atoms with Gasteiger partial charge in [-0.15, -0.1) is 0 Å². The molecule has 0 amide bonds. The first-order valence-corrected chi connectivity index (χ1v) is 8.88. The maximum atomic E-state index is 11.9. The molecule has 1 atom stereocenters. The molecule has 1 N–H and O–H groups in total. The van der Waals surface area contributed by atoms with Gasteiger partial charge in [0.15, 0.2) is 0 Å². The maximum Gasteiger partial charge on any atom is 0.336 e. The summed E-state index contributed by atoms with van der Waals surface area (Å²) in [4.78, 5) is 11.9. The quantitative estimate of drug-likeness (QED) is 0.664. The van der Waals surface area contributed by atoms with Crippen molar-refractivity contribution in [3.63, 3.8) is 0 Å². The van der Waals surface area contributed by atoms with Gasteiger partial charge in [0, 0.05) is 24.5 Å². The minimum Gasteiger partial charge on any atom is -0.423 e. The van der Waals surface area contributed by atoms with Gasteiger partial charge in [0.2, 0.25) is 0 Å². The summed E-state index contributed by atoms with van der Waals surface area (Å²) < 4.78 is 5.37. The fraction of sp³-hybridized carbons (Fsp3) is 0.318. The van der Waals surface area contributed by atoms with Crippen LogP contribution in [0.3, 0.4) is 0 Å². The van der Waals surface area contributed by atoms with Crippen molar-refractivity contribution in [1.82, 2.24) is 5.32 Å². The zero-order valence-electron chi connectivity index (χ0n) is 15.1. The third-order valence-corrected chi connectivity index (χ3v) is 4.91. The van der Waals surface area contributed by atoms with E-state index in [1.807, 2.05) is 19.1 Å². The first kappa shape index (κ1) is 17.4. The Labute approximate surface area is 148 Å². The van der Waals surface area contributed by atoms with Crippen LogP contribution in [0.4, 0.5) is 0 Å². The lowest BCUT2D eigenvalue weighted by Crippen LogP contribution is -2.21. The van der Waals surface area contributed by atoms with Crippen molar-refractivity contribution in [2.45, 2.75) is 39.7 Å². The number of fused-ring (bicyclic) bond motifs is 1. The van der Waals surface area contributed by atoms with Gasteiger partial charge < -0.3 is 9.73 Å². The van der Waals surface area contributed by atoms with Gasteiger partial charge in [0.05, 0.1) is 0 Å². The van der Waals surface area contributed by atoms with Crippen LogP contribution in [0.15, 0.2) is 57.7 Å². The smallest absolute Gasteiger partial charge is 0.336 e. The van der Waals surface area contributed by atoms with E-state index in [-0.39, 0.29) is 5.63 Å². The van der Waals surface area contributed by atoms with Crippen LogP contribution in [0, 0.1) is 13.8 Å². The predicted molar refractivity (Wildman–Crippen MR) is 103 cm³/mol. The zero-order valence-corrected chi connectivity index (χ0v) is 15.1. The lowest BCUT2D eigenvalue weighted by Gasteiger charge is -2.17. The lowest BCUT2D eigenvalue weighted by molar-refractivity contribution is 0.548. The van der Waals surface area contributed by atoms with Gasteiger partial charge in [-0.2, -0.15) is 0 Å². The Morgan fingerprint density at radius 1 is 1.04 bits per heavy atom. The molecule has 0 spiro atoms. The van der Waals surface area contributed by atoms with E-state index in [1.165, 1.54) is 11.1 Å². The second-order valence-electron chi connectivity index (χ2n) is 6.67. The van der Waals surface area contributed by atoms with Crippen LogP contribution in [0.25, 0.3) is 11.0 Å². The molecular weight excluding hydrogens is 310 g/mol. The van der Waals surface area contributed by atoms with Gasteiger partial charge in [0.1, 0.15) is 5.58 Å². The highest BCUT2D eigenvalue weighted by Gasteiger charge is 2.11. The summed E-state index contributed by atoms with van der Waals surface area (Å²) in [5, 5.41) is 4.54. The Morgan fingerprint density at radius 3 is 2.48 bits per heavy atom. The van der Waals surface area contributed by atoms with Gasteiger partial charge in [-0.05, 0) is 60.6 Å². The molecule has 0 aliphatic rings. The average molecular weight is 335 g/mol. The van der Waals surface area contributed by atoms with E-state index in [9.17, 15) is 4.79 Å². The van der Waals surface area contributed by atoms with Gasteiger partial charge in [-0.1, -0.05) is 37.3 Å². The summed E-state index contributed by atoms with van der Waals surface area (Å²) in [7, 11) is 0. The standard InChI is InChI=1S/C22H25NO2/c1-4-17(18-8-6-5-7-9-18)13-23-14-19-12-22(24)25-21-11-16(3)15(2)10-20(19)21/h5-12,17,23H,4,13-14H2,1-3H3/t17-/m0/s1. The van der Waals surface area contributed by atoms with Gasteiger partial charge >= 0.3 is 5.63 Å². The van der Waals surface area contributed by atoms with Gasteiger partial charge in [-0.3, -0.25) is 0 Å². The maximum absolute atomic E-state index is 11.9. The summed E-state index contributed by atoms with van der Waals surface area (Å²) in [6.45, 7) is 7.87. The van der Waals surface area contributed by atoms with Crippen molar-refractivity contribution in [3.05, 3.63) is 81.2 Å². The predicted octanol–water partition coefficient (Wildman–Crippen LogP) is 4.69. The van der Waals surface area contributed by atoms with Crippen molar-refractivity contribution in [2.24, 2.45) is 0 Å². The monoisotopic (exact) mass is 335 g/mol. The SMILES string of the molecule is CC[C@@H](CNCc1cc(=O)oc2cc(C)c(C)cc12)c1ccccc1. The van der Waals surface area contributed by atoms with Crippen LogP contribution in [-0.4, -0.2) is 6.54 Å². The number of nitrogens with one attached hydrogen (secondary N) is 1. The minimum atomic E-state index is -0.289. The molecule has 0 saturated carbocycles. The molecular formula is C22H25NO2. The first-order chi connectivity index (χ1) is 12.1.